The van der Waals surface area contributed by atoms with Crippen molar-refractivity contribution in [3.8, 4) is 0 Å². The van der Waals surface area contributed by atoms with Crippen molar-refractivity contribution in [3.63, 3.8) is 0 Å². The molecule has 0 saturated heterocycles. The molecule has 1 atom stereocenters. The summed E-state index contributed by atoms with van der Waals surface area (Å²) in [5, 5.41) is 0. The summed E-state index contributed by atoms with van der Waals surface area (Å²) in [5.74, 6) is 6.66. The molecule has 1 aromatic heterocycles. The van der Waals surface area contributed by atoms with Crippen LogP contribution < -0.4 is 11.3 Å². The van der Waals surface area contributed by atoms with E-state index in [1.165, 1.54) is 12.8 Å². The minimum absolute atomic E-state index is 0.0694. The summed E-state index contributed by atoms with van der Waals surface area (Å²) >= 11 is 0. The number of nitrogens with two attached hydrogens (primary N) is 1. The van der Waals surface area contributed by atoms with E-state index in [1.54, 1.807) is 6.26 Å². The van der Waals surface area contributed by atoms with Crippen molar-refractivity contribution in [1.82, 2.24) is 10.3 Å². The lowest BCUT2D eigenvalue weighted by Gasteiger charge is -2.41. The summed E-state index contributed by atoms with van der Waals surface area (Å²) in [6.07, 6.45) is 6.55. The first-order valence-electron chi connectivity index (χ1n) is 5.88. The van der Waals surface area contributed by atoms with Gasteiger partial charge in [0, 0.05) is 5.54 Å². The van der Waals surface area contributed by atoms with Gasteiger partial charge in [-0.1, -0.05) is 12.8 Å². The van der Waals surface area contributed by atoms with Crippen LogP contribution in [0.1, 0.15) is 37.5 Å². The Labute approximate surface area is 96.8 Å². The quantitative estimate of drug-likeness (QED) is 0.602. The predicted molar refractivity (Wildman–Crippen MR) is 63.7 cm³/mol. The fourth-order valence-electron chi connectivity index (χ4n) is 2.94. The second kappa shape index (κ2) is 4.57. The normalized spacial score (nSPS) is 21.5. The molecule has 0 aromatic carbocycles. The molecule has 0 aliphatic heterocycles. The van der Waals surface area contributed by atoms with Crippen LogP contribution in [0.15, 0.2) is 22.8 Å². The number of hydrogen-bond acceptors (Lipinski definition) is 4. The van der Waals surface area contributed by atoms with Crippen molar-refractivity contribution in [1.29, 1.82) is 0 Å². The van der Waals surface area contributed by atoms with Crippen molar-refractivity contribution in [2.45, 2.75) is 37.3 Å². The maximum Gasteiger partial charge on any atom is 0.123 e. The van der Waals surface area contributed by atoms with E-state index in [1.807, 2.05) is 12.1 Å². The molecular formula is C12H21N3O. The van der Waals surface area contributed by atoms with Crippen molar-refractivity contribution < 1.29 is 4.42 Å². The Balaban J connectivity index is 2.30. The predicted octanol–water partition coefficient (Wildman–Crippen LogP) is 1.66. The third kappa shape index (κ3) is 1.77. The summed E-state index contributed by atoms with van der Waals surface area (Å²) in [7, 11) is 4.25. The van der Waals surface area contributed by atoms with E-state index in [2.05, 4.69) is 24.4 Å². The first kappa shape index (κ1) is 11.6. The Morgan fingerprint density at radius 2 is 2.12 bits per heavy atom. The first-order chi connectivity index (χ1) is 7.70. The van der Waals surface area contributed by atoms with Crippen molar-refractivity contribution in [2.75, 3.05) is 14.1 Å². The molecule has 1 unspecified atom stereocenters. The molecule has 0 bridgehead atoms. The van der Waals surface area contributed by atoms with Crippen molar-refractivity contribution in [3.05, 3.63) is 24.2 Å². The minimum Gasteiger partial charge on any atom is -0.468 e. The van der Waals surface area contributed by atoms with Gasteiger partial charge in [-0.15, -0.1) is 0 Å². The van der Waals surface area contributed by atoms with Gasteiger partial charge in [0.15, 0.2) is 0 Å². The molecule has 0 spiro atoms. The van der Waals surface area contributed by atoms with E-state index in [9.17, 15) is 0 Å². The highest BCUT2D eigenvalue weighted by Gasteiger charge is 2.44. The second-order valence-electron chi connectivity index (χ2n) is 4.82. The van der Waals surface area contributed by atoms with Crippen LogP contribution in [-0.4, -0.2) is 24.5 Å². The zero-order valence-electron chi connectivity index (χ0n) is 10.1. The Morgan fingerprint density at radius 3 is 2.56 bits per heavy atom. The van der Waals surface area contributed by atoms with Crippen molar-refractivity contribution >= 4 is 0 Å². The zero-order valence-corrected chi connectivity index (χ0v) is 10.1. The van der Waals surface area contributed by atoms with E-state index < -0.39 is 0 Å². The molecule has 1 saturated carbocycles. The molecule has 2 rings (SSSR count). The van der Waals surface area contributed by atoms with Gasteiger partial charge in [-0.3, -0.25) is 5.84 Å². The molecule has 1 aromatic rings. The number of hydrogen-bond donors (Lipinski definition) is 2. The lowest BCUT2D eigenvalue weighted by Crippen LogP contribution is -2.53. The van der Waals surface area contributed by atoms with E-state index in [0.29, 0.717) is 0 Å². The maximum atomic E-state index is 5.73. The SMILES string of the molecule is CN(C)C1(C(NN)c2ccco2)CCCC1. The molecule has 0 amide bonds. The van der Waals surface area contributed by atoms with E-state index in [0.717, 1.165) is 18.6 Å². The molecule has 3 N–H and O–H groups in total. The second-order valence-corrected chi connectivity index (χ2v) is 4.82. The molecule has 1 fully saturated rings. The number of furan rings is 1. The topological polar surface area (TPSA) is 54.4 Å². The van der Waals surface area contributed by atoms with Crippen molar-refractivity contribution in [2.24, 2.45) is 5.84 Å². The van der Waals surface area contributed by atoms with Gasteiger partial charge in [0.2, 0.25) is 0 Å². The van der Waals surface area contributed by atoms with Gasteiger partial charge in [0.05, 0.1) is 12.3 Å². The summed E-state index contributed by atoms with van der Waals surface area (Å²) in [5.41, 5.74) is 3.02. The lowest BCUT2D eigenvalue weighted by molar-refractivity contribution is 0.0934. The molecular weight excluding hydrogens is 202 g/mol. The third-order valence-corrected chi connectivity index (χ3v) is 3.89. The van der Waals surface area contributed by atoms with Crippen LogP contribution >= 0.6 is 0 Å². The maximum absolute atomic E-state index is 5.73. The Kier molecular flexibility index (Phi) is 3.33. The molecule has 1 heterocycles. The van der Waals surface area contributed by atoms with Crippen LogP contribution in [0.4, 0.5) is 0 Å². The highest BCUT2D eigenvalue weighted by atomic mass is 16.3. The van der Waals surface area contributed by atoms with Crippen LogP contribution in [0, 0.1) is 0 Å². The van der Waals surface area contributed by atoms with Crippen LogP contribution in [0.25, 0.3) is 0 Å². The minimum atomic E-state index is 0.0694. The molecule has 1 aliphatic rings. The molecule has 1 aliphatic carbocycles. The zero-order chi connectivity index (χ0) is 11.6. The van der Waals surface area contributed by atoms with Gasteiger partial charge in [-0.2, -0.15) is 0 Å². The van der Waals surface area contributed by atoms with Gasteiger partial charge in [0.25, 0.3) is 0 Å². The van der Waals surface area contributed by atoms with Gasteiger partial charge in [-0.25, -0.2) is 5.43 Å². The average Bonchev–Trinajstić information content (AvgIpc) is 2.89. The fourth-order valence-corrected chi connectivity index (χ4v) is 2.94. The first-order valence-corrected chi connectivity index (χ1v) is 5.88. The number of nitrogens with zero attached hydrogens (tertiary/aromatic N) is 1. The smallest absolute Gasteiger partial charge is 0.123 e. The number of likely N-dealkylation sites (N-methyl/N-ethyl adjacent to an activating group) is 1. The van der Waals surface area contributed by atoms with Gasteiger partial charge in [-0.05, 0) is 39.1 Å². The van der Waals surface area contributed by atoms with Gasteiger partial charge >= 0.3 is 0 Å². The fraction of sp³-hybridized carbons (Fsp3) is 0.667. The van der Waals surface area contributed by atoms with Crippen LogP contribution in [-0.2, 0) is 0 Å². The van der Waals surface area contributed by atoms with E-state index in [4.69, 9.17) is 10.3 Å². The standard InChI is InChI=1S/C12H21N3O/c1-15(2)12(7-3-4-8-12)11(14-13)10-6-5-9-16-10/h5-6,9,11,14H,3-4,7-8,13H2,1-2H3. The highest BCUT2D eigenvalue weighted by molar-refractivity contribution is 5.14. The van der Waals surface area contributed by atoms with E-state index in [-0.39, 0.29) is 11.6 Å². The average molecular weight is 223 g/mol. The van der Waals surface area contributed by atoms with Crippen LogP contribution in [0.5, 0.6) is 0 Å². The molecule has 90 valence electrons. The summed E-state index contributed by atoms with van der Waals surface area (Å²) in [4.78, 5) is 2.28. The Bertz CT molecular complexity index is 315. The summed E-state index contributed by atoms with van der Waals surface area (Å²) in [6.45, 7) is 0. The molecule has 4 heteroatoms. The molecule has 0 radical (unpaired) electrons. The Morgan fingerprint density at radius 1 is 1.44 bits per heavy atom. The summed E-state index contributed by atoms with van der Waals surface area (Å²) < 4.78 is 5.50. The number of nitrogens with one attached hydrogen (secondary N) is 1. The number of rotatable bonds is 4. The monoisotopic (exact) mass is 223 g/mol. The van der Waals surface area contributed by atoms with Gasteiger partial charge in [0.1, 0.15) is 5.76 Å². The van der Waals surface area contributed by atoms with Gasteiger partial charge < -0.3 is 9.32 Å². The highest BCUT2D eigenvalue weighted by Crippen LogP contribution is 2.43. The third-order valence-electron chi connectivity index (χ3n) is 3.89. The Hall–Kier alpha value is -0.840. The summed E-state index contributed by atoms with van der Waals surface area (Å²) in [6, 6.07) is 3.98. The lowest BCUT2D eigenvalue weighted by atomic mass is 9.85. The van der Waals surface area contributed by atoms with E-state index >= 15 is 0 Å². The number of hydrazine groups is 1. The van der Waals surface area contributed by atoms with Crippen LogP contribution in [0.3, 0.4) is 0 Å². The molecule has 16 heavy (non-hydrogen) atoms. The van der Waals surface area contributed by atoms with Crippen LogP contribution in [0.2, 0.25) is 0 Å². The molecule has 4 nitrogen and oxygen atoms in total. The largest absolute Gasteiger partial charge is 0.468 e.